The number of amides is 2. The van der Waals surface area contributed by atoms with Crippen LogP contribution in [0, 0.1) is 50.2 Å². The predicted octanol–water partition coefficient (Wildman–Crippen LogP) is 8.38. The van der Waals surface area contributed by atoms with Crippen molar-refractivity contribution in [2.75, 3.05) is 13.1 Å². The zero-order valence-electron chi connectivity index (χ0n) is 32.6. The summed E-state index contributed by atoms with van der Waals surface area (Å²) in [5.74, 6) is -0.0251. The van der Waals surface area contributed by atoms with Crippen molar-refractivity contribution in [2.24, 2.45) is 50.2 Å². The highest BCUT2D eigenvalue weighted by Gasteiger charge is 2.69. The molecule has 0 aliphatic heterocycles. The van der Waals surface area contributed by atoms with E-state index in [1.165, 1.54) is 5.57 Å². The average molecular weight is 697 g/mol. The van der Waals surface area contributed by atoms with Gasteiger partial charge in [0.05, 0.1) is 5.41 Å². The van der Waals surface area contributed by atoms with Crippen molar-refractivity contribution in [1.82, 2.24) is 10.6 Å². The summed E-state index contributed by atoms with van der Waals surface area (Å²) in [5, 5.41) is 14.5. The molecule has 282 valence electrons. The summed E-state index contributed by atoms with van der Waals surface area (Å²) < 4.78 is 6.26. The second-order valence-electron chi connectivity index (χ2n) is 19.2. The van der Waals surface area contributed by atoms with Gasteiger partial charge in [-0.1, -0.05) is 79.9 Å². The normalized spacial score (nSPS) is 38.2. The third-order valence-corrected chi connectivity index (χ3v) is 15.6. The van der Waals surface area contributed by atoms with E-state index in [9.17, 15) is 19.2 Å². The summed E-state index contributed by atoms with van der Waals surface area (Å²) in [4.78, 5) is 50.0. The second kappa shape index (κ2) is 14.2. The minimum absolute atomic E-state index is 0.0146. The summed E-state index contributed by atoms with van der Waals surface area (Å²) in [6, 6.07) is 0. The molecule has 8 nitrogen and oxygen atoms in total. The first kappa shape index (κ1) is 38.8. The van der Waals surface area contributed by atoms with Gasteiger partial charge < -0.3 is 20.5 Å². The number of rotatable bonds is 12. The number of carbonyl (C=O) groups is 4. The first-order valence-electron chi connectivity index (χ1n) is 20.0. The molecule has 0 unspecified atom stereocenters. The van der Waals surface area contributed by atoms with Crippen molar-refractivity contribution < 1.29 is 29.0 Å². The molecule has 4 fully saturated rings. The van der Waals surface area contributed by atoms with E-state index < -0.39 is 11.4 Å². The van der Waals surface area contributed by atoms with Crippen molar-refractivity contribution in [2.45, 2.75) is 164 Å². The molecule has 5 aliphatic rings. The van der Waals surface area contributed by atoms with Crippen LogP contribution in [0.2, 0.25) is 0 Å². The number of hydrogen-bond acceptors (Lipinski definition) is 5. The monoisotopic (exact) mass is 697 g/mol. The Morgan fingerprint density at radius 2 is 1.56 bits per heavy atom. The van der Waals surface area contributed by atoms with Crippen LogP contribution in [0.1, 0.15) is 158 Å². The van der Waals surface area contributed by atoms with Crippen LogP contribution >= 0.6 is 0 Å². The first-order chi connectivity index (χ1) is 23.4. The lowest BCUT2D eigenvalue weighted by Crippen LogP contribution is -2.65. The van der Waals surface area contributed by atoms with E-state index in [4.69, 9.17) is 9.84 Å². The van der Waals surface area contributed by atoms with Crippen LogP contribution in [0.15, 0.2) is 11.6 Å². The van der Waals surface area contributed by atoms with Crippen molar-refractivity contribution >= 4 is 23.8 Å². The number of allylic oxidation sites excluding steroid dienone is 2. The molecule has 2 amide bonds. The maximum atomic E-state index is 14.3. The second-order valence-corrected chi connectivity index (χ2v) is 19.2. The zero-order valence-corrected chi connectivity index (χ0v) is 32.6. The van der Waals surface area contributed by atoms with Crippen molar-refractivity contribution in [3.8, 4) is 0 Å². The molecular formula is C42H68N2O6. The van der Waals surface area contributed by atoms with Gasteiger partial charge in [-0.15, -0.1) is 0 Å². The number of unbranched alkanes of at least 4 members (excludes halogenated alkanes) is 2. The topological polar surface area (TPSA) is 122 Å². The third-order valence-electron chi connectivity index (χ3n) is 15.6. The Kier molecular flexibility index (Phi) is 11.0. The molecule has 0 heterocycles. The third kappa shape index (κ3) is 6.79. The SMILES string of the molecule is CCCCCC(=O)O[C@H]1CC[C@]2(C)[C@H]3CC=C4[C@@H]5CC(C)(C)CC[C@]5(C(=O)NCCCC(=O)NCC(=O)O)CC[C@@]4(C)[C@]3(C)CC[C@H]2C1(C)C. The van der Waals surface area contributed by atoms with E-state index in [0.29, 0.717) is 31.2 Å². The number of carboxylic acids is 1. The maximum Gasteiger partial charge on any atom is 0.322 e. The molecular weight excluding hydrogens is 628 g/mol. The Bertz CT molecular complexity index is 1350. The molecule has 5 rings (SSSR count). The van der Waals surface area contributed by atoms with Crippen molar-refractivity contribution in [3.05, 3.63) is 11.6 Å². The summed E-state index contributed by atoms with van der Waals surface area (Å²) in [6.45, 7) is 19.4. The van der Waals surface area contributed by atoms with Gasteiger partial charge in [-0.05, 0) is 116 Å². The molecule has 8 atom stereocenters. The molecule has 50 heavy (non-hydrogen) atoms. The van der Waals surface area contributed by atoms with Crippen molar-refractivity contribution in [3.63, 3.8) is 0 Å². The number of nitrogens with one attached hydrogen (secondary N) is 2. The Labute approximate surface area is 302 Å². The zero-order chi connectivity index (χ0) is 36.8. The van der Waals surface area contributed by atoms with E-state index in [1.54, 1.807) is 0 Å². The lowest BCUT2D eigenvalue weighted by Gasteiger charge is -2.71. The van der Waals surface area contributed by atoms with Gasteiger partial charge in [-0.25, -0.2) is 0 Å². The Hall–Kier alpha value is -2.38. The van der Waals surface area contributed by atoms with Gasteiger partial charge >= 0.3 is 11.9 Å². The number of carbonyl (C=O) groups excluding carboxylic acids is 3. The van der Waals surface area contributed by atoms with Gasteiger partial charge in [-0.3, -0.25) is 19.2 Å². The number of ether oxygens (including phenoxy) is 1. The van der Waals surface area contributed by atoms with E-state index in [2.05, 4.69) is 72.1 Å². The number of esters is 1. The predicted molar refractivity (Wildman–Crippen MR) is 196 cm³/mol. The van der Waals surface area contributed by atoms with Crippen molar-refractivity contribution in [1.29, 1.82) is 0 Å². The van der Waals surface area contributed by atoms with Gasteiger partial charge in [-0.2, -0.15) is 0 Å². The standard InChI is InChI=1S/C42H68N2O6/c1-9-10-11-14-35(48)50-32-18-19-39(6)30(38(32,4)5)17-20-41(8)31(39)16-15-28-29-26-37(2,3)21-23-42(29,24-22-40(28,41)7)36(49)43-25-12-13-33(45)44-27-34(46)47/h15,29-32H,9-14,16-27H2,1-8H3,(H,43,49)(H,44,45)(H,46,47)/t29-,30-,31+,32-,39-,40+,41+,42-/m0/s1. The molecule has 0 radical (unpaired) electrons. The quantitative estimate of drug-likeness (QED) is 0.107. The lowest BCUT2D eigenvalue weighted by atomic mass is 9.33. The summed E-state index contributed by atoms with van der Waals surface area (Å²) in [7, 11) is 0. The van der Waals surface area contributed by atoms with Crippen LogP contribution in [0.4, 0.5) is 0 Å². The summed E-state index contributed by atoms with van der Waals surface area (Å²) >= 11 is 0. The Morgan fingerprint density at radius 3 is 2.26 bits per heavy atom. The highest BCUT2D eigenvalue weighted by Crippen LogP contribution is 2.75. The van der Waals surface area contributed by atoms with Gasteiger partial charge in [0, 0.05) is 24.8 Å². The number of carboxylic acid groups (broad SMARTS) is 1. The van der Waals surface area contributed by atoms with Crippen LogP contribution in [-0.4, -0.2) is 48.1 Å². The van der Waals surface area contributed by atoms with Gasteiger partial charge in [0.2, 0.25) is 11.8 Å². The minimum Gasteiger partial charge on any atom is -0.480 e. The van der Waals surface area contributed by atoms with Gasteiger partial charge in [0.1, 0.15) is 12.6 Å². The van der Waals surface area contributed by atoms with E-state index >= 15 is 0 Å². The first-order valence-corrected chi connectivity index (χ1v) is 20.0. The van der Waals surface area contributed by atoms with E-state index in [1.807, 2.05) is 0 Å². The molecule has 8 heteroatoms. The van der Waals surface area contributed by atoms with E-state index in [-0.39, 0.29) is 69.8 Å². The molecule has 0 saturated heterocycles. The van der Waals surface area contributed by atoms with E-state index in [0.717, 1.165) is 83.5 Å². The molecule has 0 aromatic carbocycles. The molecule has 0 bridgehead atoms. The van der Waals surface area contributed by atoms with Crippen LogP contribution in [0.5, 0.6) is 0 Å². The fourth-order valence-corrected chi connectivity index (χ4v) is 12.5. The highest BCUT2D eigenvalue weighted by atomic mass is 16.5. The van der Waals surface area contributed by atoms with Crippen LogP contribution in [-0.2, 0) is 23.9 Å². The fraction of sp³-hybridized carbons (Fsp3) is 0.857. The highest BCUT2D eigenvalue weighted by molar-refractivity contribution is 5.84. The molecule has 0 aromatic rings. The van der Waals surface area contributed by atoms with Crippen LogP contribution in [0.3, 0.4) is 0 Å². The maximum absolute atomic E-state index is 14.3. The molecule has 5 aliphatic carbocycles. The largest absolute Gasteiger partial charge is 0.480 e. The van der Waals surface area contributed by atoms with Gasteiger partial charge in [0.25, 0.3) is 0 Å². The number of hydrogen-bond donors (Lipinski definition) is 3. The average Bonchev–Trinajstić information content (AvgIpc) is 3.03. The molecule has 0 aromatic heterocycles. The Morgan fingerprint density at radius 1 is 0.840 bits per heavy atom. The molecule has 0 spiro atoms. The lowest BCUT2D eigenvalue weighted by molar-refractivity contribution is -0.213. The van der Waals surface area contributed by atoms with Gasteiger partial charge in [0.15, 0.2) is 0 Å². The fourth-order valence-electron chi connectivity index (χ4n) is 12.5. The Balaban J connectivity index is 1.36. The summed E-state index contributed by atoms with van der Waals surface area (Å²) in [5.41, 5.74) is 1.47. The molecule has 3 N–H and O–H groups in total. The number of fused-ring (bicyclic) bond motifs is 7. The molecule has 4 saturated carbocycles. The minimum atomic E-state index is -1.06. The summed E-state index contributed by atoms with van der Waals surface area (Å²) in [6.07, 6.45) is 17.1. The smallest absolute Gasteiger partial charge is 0.322 e. The number of aliphatic carboxylic acids is 1. The van der Waals surface area contributed by atoms with Crippen LogP contribution in [0.25, 0.3) is 0 Å². The van der Waals surface area contributed by atoms with Crippen LogP contribution < -0.4 is 10.6 Å².